The molecular weight excluding hydrogens is 837 g/mol. The zero-order valence-corrected chi connectivity index (χ0v) is 43.8. The Morgan fingerprint density at radius 2 is 0.632 bits per heavy atom. The minimum atomic E-state index is -0.790. The molecule has 0 aliphatic carbocycles. The third-order valence-electron chi connectivity index (χ3n) is 11.4. The number of aliphatic hydroxyl groups is 1. The van der Waals surface area contributed by atoms with Crippen molar-refractivity contribution in [2.24, 2.45) is 0 Å². The summed E-state index contributed by atoms with van der Waals surface area (Å²) >= 11 is 0. The van der Waals surface area contributed by atoms with Gasteiger partial charge in [0.1, 0.15) is 6.61 Å². The number of carbonyl (C=O) groups excluding carboxylic acids is 2. The second kappa shape index (κ2) is 57.4. The monoisotopic (exact) mass is 939 g/mol. The van der Waals surface area contributed by atoms with Crippen molar-refractivity contribution >= 4 is 11.9 Å². The molecule has 0 aromatic rings. The number of allylic oxidation sites excluding steroid dienone is 22. The molecule has 0 amide bonds. The van der Waals surface area contributed by atoms with Gasteiger partial charge in [0.05, 0.1) is 6.61 Å². The largest absolute Gasteiger partial charge is 0.462 e. The Kier molecular flexibility index (Phi) is 54.0. The summed E-state index contributed by atoms with van der Waals surface area (Å²) in [7, 11) is 0. The first-order chi connectivity index (χ1) is 33.6. The molecule has 0 aliphatic heterocycles. The maximum Gasteiger partial charge on any atom is 0.306 e. The van der Waals surface area contributed by atoms with E-state index in [0.29, 0.717) is 12.8 Å². The molecule has 5 heteroatoms. The average molecular weight is 940 g/mol. The molecule has 0 bridgehead atoms. The van der Waals surface area contributed by atoms with Crippen LogP contribution in [-0.2, 0) is 19.1 Å². The van der Waals surface area contributed by atoms with E-state index in [1.54, 1.807) is 0 Å². The molecule has 0 radical (unpaired) electrons. The maximum atomic E-state index is 12.3. The standard InChI is InChI=1S/C63H102O5/c1-3-5-7-9-11-13-15-17-19-21-23-24-25-26-27-28-29-30-31-32-33-34-35-36-37-38-40-42-44-46-48-50-52-54-56-58-63(66)68-61(59-64)60-67-62(65)57-55-53-51-49-47-45-43-41-39-22-20-18-16-14-12-10-8-6-4-2/h5,7,11-14,17-20,23-24,26-27,29-30,32-33,35-36,38,40,61,64H,3-4,6,8-10,15-16,21-22,25,28,31,34,37,39,41-60H2,1-2H3/b7-5-,13-11-,14-12-,19-17-,20-18-,24-23-,27-26-,30-29-,33-32-,36-35-,40-38-. The van der Waals surface area contributed by atoms with Crippen molar-refractivity contribution in [2.75, 3.05) is 13.2 Å². The molecule has 0 heterocycles. The van der Waals surface area contributed by atoms with Crippen molar-refractivity contribution in [1.82, 2.24) is 0 Å². The highest BCUT2D eigenvalue weighted by Gasteiger charge is 2.16. The molecule has 0 aromatic carbocycles. The molecular formula is C63H102O5. The molecule has 5 nitrogen and oxygen atoms in total. The van der Waals surface area contributed by atoms with E-state index in [2.05, 4.69) is 148 Å². The fraction of sp³-hybridized carbons (Fsp3) is 0.619. The van der Waals surface area contributed by atoms with E-state index >= 15 is 0 Å². The van der Waals surface area contributed by atoms with Gasteiger partial charge in [-0.25, -0.2) is 0 Å². The van der Waals surface area contributed by atoms with Crippen LogP contribution in [0, 0.1) is 0 Å². The number of hydrogen-bond acceptors (Lipinski definition) is 5. The molecule has 0 aliphatic rings. The quantitative estimate of drug-likeness (QED) is 0.0374. The van der Waals surface area contributed by atoms with Crippen LogP contribution in [0.2, 0.25) is 0 Å². The highest BCUT2D eigenvalue weighted by atomic mass is 16.6. The van der Waals surface area contributed by atoms with Crippen LogP contribution in [0.3, 0.4) is 0 Å². The average Bonchev–Trinajstić information content (AvgIpc) is 3.34. The Labute approximate surface area is 419 Å². The lowest BCUT2D eigenvalue weighted by molar-refractivity contribution is -0.161. The first-order valence-electron chi connectivity index (χ1n) is 27.7. The Hall–Kier alpha value is -3.96. The molecule has 1 atom stereocenters. The van der Waals surface area contributed by atoms with Gasteiger partial charge in [0.15, 0.2) is 6.10 Å². The van der Waals surface area contributed by atoms with Gasteiger partial charge in [-0.15, -0.1) is 0 Å². The molecule has 0 saturated carbocycles. The maximum absolute atomic E-state index is 12.3. The van der Waals surface area contributed by atoms with Gasteiger partial charge in [0, 0.05) is 12.8 Å². The van der Waals surface area contributed by atoms with Crippen LogP contribution in [0.5, 0.6) is 0 Å². The van der Waals surface area contributed by atoms with Gasteiger partial charge in [-0.05, 0) is 116 Å². The topological polar surface area (TPSA) is 72.8 Å². The van der Waals surface area contributed by atoms with E-state index < -0.39 is 6.10 Å². The summed E-state index contributed by atoms with van der Waals surface area (Å²) in [5.41, 5.74) is 0. The first-order valence-corrected chi connectivity index (χ1v) is 27.7. The molecule has 1 N–H and O–H groups in total. The second-order valence-electron chi connectivity index (χ2n) is 17.9. The third kappa shape index (κ3) is 54.6. The Morgan fingerprint density at radius 1 is 0.353 bits per heavy atom. The summed E-state index contributed by atoms with van der Waals surface area (Å²) in [4.78, 5) is 24.5. The molecule has 68 heavy (non-hydrogen) atoms. The lowest BCUT2D eigenvalue weighted by Gasteiger charge is -2.15. The van der Waals surface area contributed by atoms with Crippen molar-refractivity contribution < 1.29 is 24.2 Å². The predicted molar refractivity (Wildman–Crippen MR) is 297 cm³/mol. The normalized spacial score (nSPS) is 13.3. The lowest BCUT2D eigenvalue weighted by Crippen LogP contribution is -2.28. The molecule has 0 aromatic heterocycles. The van der Waals surface area contributed by atoms with Crippen LogP contribution < -0.4 is 0 Å². The van der Waals surface area contributed by atoms with Gasteiger partial charge >= 0.3 is 11.9 Å². The minimum absolute atomic E-state index is 0.0800. The Balaban J connectivity index is 3.62. The summed E-state index contributed by atoms with van der Waals surface area (Å²) in [5, 5.41) is 9.64. The molecule has 384 valence electrons. The van der Waals surface area contributed by atoms with E-state index in [9.17, 15) is 14.7 Å². The smallest absolute Gasteiger partial charge is 0.306 e. The van der Waals surface area contributed by atoms with E-state index in [-0.39, 0.29) is 25.2 Å². The fourth-order valence-electron chi connectivity index (χ4n) is 7.28. The van der Waals surface area contributed by atoms with Crippen LogP contribution in [0.1, 0.15) is 232 Å². The summed E-state index contributed by atoms with van der Waals surface area (Å²) < 4.78 is 10.7. The van der Waals surface area contributed by atoms with Gasteiger partial charge in [-0.2, -0.15) is 0 Å². The number of esters is 2. The number of aliphatic hydroxyl groups excluding tert-OH is 1. The molecule has 1 unspecified atom stereocenters. The van der Waals surface area contributed by atoms with E-state index in [1.165, 1.54) is 96.3 Å². The van der Waals surface area contributed by atoms with Crippen LogP contribution in [0.15, 0.2) is 134 Å². The fourth-order valence-corrected chi connectivity index (χ4v) is 7.28. The zero-order chi connectivity index (χ0) is 49.2. The van der Waals surface area contributed by atoms with Crippen molar-refractivity contribution in [1.29, 1.82) is 0 Å². The van der Waals surface area contributed by atoms with E-state index in [0.717, 1.165) is 109 Å². The van der Waals surface area contributed by atoms with Crippen LogP contribution in [0.25, 0.3) is 0 Å². The van der Waals surface area contributed by atoms with Gasteiger partial charge in [0.25, 0.3) is 0 Å². The van der Waals surface area contributed by atoms with Crippen molar-refractivity contribution in [3.63, 3.8) is 0 Å². The highest BCUT2D eigenvalue weighted by molar-refractivity contribution is 5.70. The van der Waals surface area contributed by atoms with E-state index in [1.807, 2.05) is 0 Å². The van der Waals surface area contributed by atoms with Crippen molar-refractivity contribution in [3.05, 3.63) is 134 Å². The number of carbonyl (C=O) groups is 2. The SMILES string of the molecule is CC/C=C\C/C=C\C/C=C\C/C=C\C/C=C\C/C=C\C/C=C\C/C=C\C/C=C\CCCCCCCCCC(=O)OC(CO)COC(=O)CCCCCCCCCCC/C=C\C/C=C\CCCCC. The lowest BCUT2D eigenvalue weighted by atomic mass is 10.1. The van der Waals surface area contributed by atoms with Gasteiger partial charge in [-0.3, -0.25) is 9.59 Å². The summed E-state index contributed by atoms with van der Waals surface area (Å²) in [6.07, 6.45) is 85.5. The Bertz CT molecular complexity index is 1430. The molecule has 0 saturated heterocycles. The second-order valence-corrected chi connectivity index (χ2v) is 17.9. The van der Waals surface area contributed by atoms with Crippen LogP contribution >= 0.6 is 0 Å². The number of hydrogen-bond donors (Lipinski definition) is 1. The number of unbranched alkanes of at least 4 members (excludes halogenated alkanes) is 19. The number of ether oxygens (including phenoxy) is 2. The minimum Gasteiger partial charge on any atom is -0.462 e. The first kappa shape index (κ1) is 64.0. The third-order valence-corrected chi connectivity index (χ3v) is 11.4. The number of rotatable bonds is 49. The van der Waals surface area contributed by atoms with Crippen LogP contribution in [-0.4, -0.2) is 36.4 Å². The van der Waals surface area contributed by atoms with Crippen molar-refractivity contribution in [2.45, 2.75) is 238 Å². The van der Waals surface area contributed by atoms with E-state index in [4.69, 9.17) is 9.47 Å². The zero-order valence-electron chi connectivity index (χ0n) is 43.8. The highest BCUT2D eigenvalue weighted by Crippen LogP contribution is 2.14. The summed E-state index contributed by atoms with van der Waals surface area (Å²) in [5.74, 6) is -0.615. The summed E-state index contributed by atoms with van der Waals surface area (Å²) in [6, 6.07) is 0. The van der Waals surface area contributed by atoms with Gasteiger partial charge < -0.3 is 14.6 Å². The van der Waals surface area contributed by atoms with Crippen LogP contribution in [0.4, 0.5) is 0 Å². The van der Waals surface area contributed by atoms with Gasteiger partial charge in [-0.1, -0.05) is 237 Å². The molecule has 0 spiro atoms. The molecule has 0 rings (SSSR count). The van der Waals surface area contributed by atoms with Crippen molar-refractivity contribution in [3.8, 4) is 0 Å². The predicted octanol–water partition coefficient (Wildman–Crippen LogP) is 18.9. The molecule has 0 fully saturated rings. The Morgan fingerprint density at radius 3 is 0.956 bits per heavy atom. The summed E-state index contributed by atoms with van der Waals surface area (Å²) in [6.45, 7) is 3.99. The van der Waals surface area contributed by atoms with Gasteiger partial charge in [0.2, 0.25) is 0 Å².